The van der Waals surface area contributed by atoms with Gasteiger partial charge in [-0.15, -0.1) is 0 Å². The number of hydrogen-bond acceptors (Lipinski definition) is 6. The maximum Gasteiger partial charge on any atom is 0.118 e. The van der Waals surface area contributed by atoms with E-state index in [1.807, 2.05) is 18.2 Å². The van der Waals surface area contributed by atoms with Gasteiger partial charge in [-0.25, -0.2) is 0 Å². The number of phenolic OH excluding ortho intramolecular Hbond substituents is 1. The van der Waals surface area contributed by atoms with E-state index >= 15 is 0 Å². The summed E-state index contributed by atoms with van der Waals surface area (Å²) in [6, 6.07) is 7.67. The smallest absolute Gasteiger partial charge is 0.118 e. The van der Waals surface area contributed by atoms with Crippen molar-refractivity contribution in [2.45, 2.75) is 84.3 Å². The van der Waals surface area contributed by atoms with Crippen LogP contribution in [0.3, 0.4) is 0 Å². The number of aliphatic hydroxyl groups excluding tert-OH is 4. The van der Waals surface area contributed by atoms with Crippen LogP contribution in [0, 0.1) is 0 Å². The summed E-state index contributed by atoms with van der Waals surface area (Å²) in [6.45, 7) is 5.69. The largest absolute Gasteiger partial charge is 0.508 e. The molecule has 1 rings (SSSR count). The molecule has 5 N–H and O–H groups in total. The molecule has 2 atom stereocenters. The lowest BCUT2D eigenvalue weighted by Crippen LogP contribution is -2.19. The van der Waals surface area contributed by atoms with Crippen molar-refractivity contribution in [1.29, 1.82) is 0 Å². The van der Waals surface area contributed by atoms with Crippen molar-refractivity contribution in [2.75, 3.05) is 26.4 Å². The van der Waals surface area contributed by atoms with E-state index in [2.05, 4.69) is 6.92 Å². The Kier molecular flexibility index (Phi) is 23.9. The van der Waals surface area contributed by atoms with Gasteiger partial charge in [-0.3, -0.25) is 0 Å². The Morgan fingerprint density at radius 3 is 1.90 bits per heavy atom. The summed E-state index contributed by atoms with van der Waals surface area (Å²) >= 11 is 0. The normalized spacial score (nSPS) is 12.2. The number of phenols is 1. The lowest BCUT2D eigenvalue weighted by molar-refractivity contribution is -0.0177. The molecule has 0 radical (unpaired) electrons. The fourth-order valence-electron chi connectivity index (χ4n) is 2.35. The highest BCUT2D eigenvalue weighted by Gasteiger charge is 2.01. The quantitative estimate of drug-likeness (QED) is 0.315. The number of unbranched alkanes of at least 4 members (excludes halogenated alkanes) is 6. The molecular weight excluding hydrogens is 372 g/mol. The summed E-state index contributed by atoms with van der Waals surface area (Å²) in [5, 5.41) is 42.0. The summed E-state index contributed by atoms with van der Waals surface area (Å²) < 4.78 is 4.95. The molecule has 2 unspecified atom stereocenters. The second-order valence-corrected chi connectivity index (χ2v) is 7.12. The van der Waals surface area contributed by atoms with Gasteiger partial charge >= 0.3 is 0 Å². The van der Waals surface area contributed by atoms with Gasteiger partial charge in [-0.1, -0.05) is 63.6 Å². The number of ether oxygens (including phenoxy) is 1. The van der Waals surface area contributed by atoms with Crippen molar-refractivity contribution in [3.8, 4) is 5.75 Å². The maximum absolute atomic E-state index is 9.58. The SMILES string of the molecule is CC(O)COC(C)CO.CCCCCCCCCc1ccccc1O.OCCO. The molecule has 1 aromatic carbocycles. The standard InChI is InChI=1S/C15H24O.C6H14O3.C2H6O2/c1-2-3-4-5-6-7-8-11-14-12-9-10-13-15(14)16;1-5(8)4-9-6(2)3-7;3-1-2-4/h9-10,12-13,16H,2-8,11H2,1H3;5-8H,3-4H2,1-2H3;3-4H,1-2H2. The van der Waals surface area contributed by atoms with E-state index in [1.54, 1.807) is 19.9 Å². The molecule has 0 heterocycles. The van der Waals surface area contributed by atoms with E-state index in [0.717, 1.165) is 12.0 Å². The molecule has 0 aliphatic rings. The topological polar surface area (TPSA) is 110 Å². The predicted molar refractivity (Wildman–Crippen MR) is 118 cm³/mol. The van der Waals surface area contributed by atoms with E-state index in [-0.39, 0.29) is 25.9 Å². The van der Waals surface area contributed by atoms with Crippen molar-refractivity contribution in [3.63, 3.8) is 0 Å². The lowest BCUT2D eigenvalue weighted by atomic mass is 10.0. The van der Waals surface area contributed by atoms with Crippen LogP contribution in [-0.4, -0.2) is 64.2 Å². The summed E-state index contributed by atoms with van der Waals surface area (Å²) in [6.07, 6.45) is 9.67. The van der Waals surface area contributed by atoms with Crippen molar-refractivity contribution in [1.82, 2.24) is 0 Å². The van der Waals surface area contributed by atoms with Gasteiger partial charge in [-0.05, 0) is 38.3 Å². The van der Waals surface area contributed by atoms with Crippen LogP contribution < -0.4 is 0 Å². The maximum atomic E-state index is 9.58. The summed E-state index contributed by atoms with van der Waals surface area (Å²) in [5.74, 6) is 0.452. The van der Waals surface area contributed by atoms with Gasteiger partial charge in [0.2, 0.25) is 0 Å². The van der Waals surface area contributed by atoms with Gasteiger partial charge in [0.25, 0.3) is 0 Å². The molecule has 0 bridgehead atoms. The number of hydrogen-bond donors (Lipinski definition) is 5. The van der Waals surface area contributed by atoms with Gasteiger partial charge < -0.3 is 30.3 Å². The molecule has 0 aliphatic carbocycles. The summed E-state index contributed by atoms with van der Waals surface area (Å²) in [5.41, 5.74) is 1.09. The Morgan fingerprint density at radius 2 is 1.41 bits per heavy atom. The molecule has 0 saturated carbocycles. The third-order valence-electron chi connectivity index (χ3n) is 4.02. The van der Waals surface area contributed by atoms with Crippen molar-refractivity contribution < 1.29 is 30.3 Å². The highest BCUT2D eigenvalue weighted by atomic mass is 16.5. The Morgan fingerprint density at radius 1 is 0.862 bits per heavy atom. The highest BCUT2D eigenvalue weighted by molar-refractivity contribution is 5.31. The molecule has 0 amide bonds. The Balaban J connectivity index is 0. The molecule has 0 aromatic heterocycles. The van der Waals surface area contributed by atoms with E-state index in [4.69, 9.17) is 25.2 Å². The van der Waals surface area contributed by atoms with Crippen LogP contribution in [0.25, 0.3) is 0 Å². The molecule has 0 spiro atoms. The second-order valence-electron chi connectivity index (χ2n) is 7.12. The van der Waals surface area contributed by atoms with E-state index in [9.17, 15) is 5.11 Å². The van der Waals surface area contributed by atoms with Crippen LogP contribution in [0.2, 0.25) is 0 Å². The molecule has 1 aromatic rings. The van der Waals surface area contributed by atoms with Crippen LogP contribution in [-0.2, 0) is 11.2 Å². The first-order valence-electron chi connectivity index (χ1n) is 10.8. The van der Waals surface area contributed by atoms with Gasteiger partial charge in [0.05, 0.1) is 38.6 Å². The number of aromatic hydroxyl groups is 1. The van der Waals surface area contributed by atoms with Crippen LogP contribution in [0.1, 0.15) is 71.3 Å². The molecule has 6 nitrogen and oxygen atoms in total. The van der Waals surface area contributed by atoms with Crippen molar-refractivity contribution in [2.24, 2.45) is 0 Å². The second kappa shape index (κ2) is 23.1. The zero-order valence-corrected chi connectivity index (χ0v) is 18.6. The number of para-hydroxylation sites is 1. The van der Waals surface area contributed by atoms with E-state index < -0.39 is 6.10 Å². The average Bonchev–Trinajstić information content (AvgIpc) is 2.73. The molecule has 172 valence electrons. The van der Waals surface area contributed by atoms with Crippen molar-refractivity contribution >= 4 is 0 Å². The van der Waals surface area contributed by atoms with E-state index in [1.165, 1.54) is 44.9 Å². The van der Waals surface area contributed by atoms with Crippen molar-refractivity contribution in [3.05, 3.63) is 29.8 Å². The minimum absolute atomic E-state index is 0.00667. The third kappa shape index (κ3) is 23.0. The first-order chi connectivity index (χ1) is 13.9. The first kappa shape index (κ1) is 30.0. The molecule has 0 fully saturated rings. The third-order valence-corrected chi connectivity index (χ3v) is 4.02. The van der Waals surface area contributed by atoms with Crippen LogP contribution in [0.4, 0.5) is 0 Å². The average molecular weight is 417 g/mol. The molecule has 0 saturated heterocycles. The monoisotopic (exact) mass is 416 g/mol. The van der Waals surface area contributed by atoms with Gasteiger partial charge in [-0.2, -0.15) is 0 Å². The Labute approximate surface area is 177 Å². The van der Waals surface area contributed by atoms with Gasteiger partial charge in [0.1, 0.15) is 5.75 Å². The number of aliphatic hydroxyl groups is 4. The molecule has 29 heavy (non-hydrogen) atoms. The van der Waals surface area contributed by atoms with Gasteiger partial charge in [0, 0.05) is 0 Å². The fraction of sp³-hybridized carbons (Fsp3) is 0.739. The molecule has 0 aliphatic heterocycles. The Hall–Kier alpha value is -1.18. The zero-order valence-electron chi connectivity index (χ0n) is 18.6. The molecular formula is C23H44O6. The Bertz CT molecular complexity index is 437. The highest BCUT2D eigenvalue weighted by Crippen LogP contribution is 2.18. The van der Waals surface area contributed by atoms with Crippen LogP contribution >= 0.6 is 0 Å². The first-order valence-corrected chi connectivity index (χ1v) is 10.8. The number of rotatable bonds is 13. The minimum atomic E-state index is -0.445. The van der Waals surface area contributed by atoms with Crippen LogP contribution in [0.15, 0.2) is 24.3 Å². The summed E-state index contributed by atoms with van der Waals surface area (Å²) in [7, 11) is 0. The minimum Gasteiger partial charge on any atom is -0.508 e. The van der Waals surface area contributed by atoms with E-state index in [0.29, 0.717) is 12.4 Å². The van der Waals surface area contributed by atoms with Gasteiger partial charge in [0.15, 0.2) is 0 Å². The van der Waals surface area contributed by atoms with Crippen LogP contribution in [0.5, 0.6) is 5.75 Å². The number of benzene rings is 1. The lowest BCUT2D eigenvalue weighted by Gasteiger charge is -2.10. The fourth-order valence-corrected chi connectivity index (χ4v) is 2.35. The summed E-state index contributed by atoms with van der Waals surface area (Å²) in [4.78, 5) is 0. The molecule has 6 heteroatoms. The predicted octanol–water partition coefficient (Wildman–Crippen LogP) is 3.42. The zero-order chi connectivity index (χ0) is 22.3. The number of aryl methyl sites for hydroxylation is 1.